The van der Waals surface area contributed by atoms with Crippen molar-refractivity contribution in [3.8, 4) is 10.6 Å². The van der Waals surface area contributed by atoms with E-state index in [0.29, 0.717) is 29.9 Å². The standard InChI is InChI=1S/C23H30N6OS/c1-13(16-4-3-5-16)26-23-25-11-18(21(29-23)27-17-7-6-15(10-17)12-30)22-28-20-14(2)24-9-8-19(20)31-22/h8-9,11,13,15-17,30H,3-7,10,12H2,1-2H3,(H2,25,26,27,29)/t13-,15?,17?/m1/s1. The number of aromatic nitrogens is 4. The normalized spacial score (nSPS) is 22.4. The molecule has 3 aromatic rings. The van der Waals surface area contributed by atoms with E-state index in [4.69, 9.17) is 9.97 Å². The second-order valence-electron chi connectivity index (χ2n) is 9.04. The van der Waals surface area contributed by atoms with Gasteiger partial charge in [0.05, 0.1) is 16.0 Å². The van der Waals surface area contributed by atoms with Crippen LogP contribution in [0, 0.1) is 18.8 Å². The number of hydrogen-bond acceptors (Lipinski definition) is 8. The van der Waals surface area contributed by atoms with Gasteiger partial charge in [-0.05, 0) is 63.9 Å². The molecule has 7 nitrogen and oxygen atoms in total. The molecule has 2 aliphatic rings. The summed E-state index contributed by atoms with van der Waals surface area (Å²) in [5.41, 5.74) is 2.80. The fraction of sp³-hybridized carbons (Fsp3) is 0.565. The lowest BCUT2D eigenvalue weighted by Crippen LogP contribution is -2.31. The highest BCUT2D eigenvalue weighted by atomic mass is 32.1. The summed E-state index contributed by atoms with van der Waals surface area (Å²) in [6.07, 6.45) is 10.7. The first kappa shape index (κ1) is 20.6. The summed E-state index contributed by atoms with van der Waals surface area (Å²) in [6.45, 7) is 4.47. The molecule has 0 aromatic carbocycles. The molecule has 5 rings (SSSR count). The molecule has 0 bridgehead atoms. The SMILES string of the molecule is Cc1nccc2sc(-c3cnc(N[C@H](C)C4CCC4)nc3NC3CCC(CO)C3)nc12. The summed E-state index contributed by atoms with van der Waals surface area (Å²) in [5.74, 6) is 2.57. The van der Waals surface area contributed by atoms with E-state index in [1.807, 2.05) is 25.4 Å². The van der Waals surface area contributed by atoms with Gasteiger partial charge in [0.15, 0.2) is 0 Å². The summed E-state index contributed by atoms with van der Waals surface area (Å²) < 4.78 is 1.12. The van der Waals surface area contributed by atoms with E-state index in [-0.39, 0.29) is 6.61 Å². The van der Waals surface area contributed by atoms with Crippen molar-refractivity contribution in [1.82, 2.24) is 19.9 Å². The Hall–Kier alpha value is -2.32. The highest BCUT2D eigenvalue weighted by Crippen LogP contribution is 2.37. The van der Waals surface area contributed by atoms with Crippen LogP contribution in [0.25, 0.3) is 20.8 Å². The van der Waals surface area contributed by atoms with E-state index in [2.05, 4.69) is 27.5 Å². The number of thiazole rings is 1. The first-order valence-electron chi connectivity index (χ1n) is 11.3. The zero-order valence-electron chi connectivity index (χ0n) is 18.1. The summed E-state index contributed by atoms with van der Waals surface area (Å²) in [6, 6.07) is 2.69. The van der Waals surface area contributed by atoms with E-state index in [9.17, 15) is 5.11 Å². The quantitative estimate of drug-likeness (QED) is 0.495. The van der Waals surface area contributed by atoms with Gasteiger partial charge in [-0.25, -0.2) is 9.97 Å². The third-order valence-corrected chi connectivity index (χ3v) is 7.92. The summed E-state index contributed by atoms with van der Waals surface area (Å²) in [4.78, 5) is 18.8. The van der Waals surface area contributed by atoms with Gasteiger partial charge in [0, 0.05) is 31.1 Å². The lowest BCUT2D eigenvalue weighted by molar-refractivity contribution is 0.229. The maximum atomic E-state index is 9.54. The molecule has 2 saturated carbocycles. The Morgan fingerprint density at radius 2 is 2.06 bits per heavy atom. The van der Waals surface area contributed by atoms with Gasteiger partial charge in [0.25, 0.3) is 0 Å². The van der Waals surface area contributed by atoms with Crippen molar-refractivity contribution < 1.29 is 5.11 Å². The molecule has 0 amide bonds. The van der Waals surface area contributed by atoms with Crippen LogP contribution in [0.15, 0.2) is 18.5 Å². The Morgan fingerprint density at radius 1 is 1.19 bits per heavy atom. The maximum Gasteiger partial charge on any atom is 0.224 e. The van der Waals surface area contributed by atoms with Crippen LogP contribution < -0.4 is 10.6 Å². The molecule has 0 saturated heterocycles. The van der Waals surface area contributed by atoms with Crippen LogP contribution in [0.2, 0.25) is 0 Å². The second kappa shape index (κ2) is 8.67. The predicted octanol–water partition coefficient (Wildman–Crippen LogP) is 4.63. The first-order valence-corrected chi connectivity index (χ1v) is 12.2. The Bertz CT molecular complexity index is 1070. The van der Waals surface area contributed by atoms with Crippen molar-refractivity contribution in [3.63, 3.8) is 0 Å². The summed E-state index contributed by atoms with van der Waals surface area (Å²) in [5, 5.41) is 17.6. The van der Waals surface area contributed by atoms with Gasteiger partial charge in [-0.2, -0.15) is 4.98 Å². The van der Waals surface area contributed by atoms with Crippen molar-refractivity contribution in [2.75, 3.05) is 17.2 Å². The minimum atomic E-state index is 0.255. The second-order valence-corrected chi connectivity index (χ2v) is 10.1. The van der Waals surface area contributed by atoms with Gasteiger partial charge in [0.2, 0.25) is 5.95 Å². The Morgan fingerprint density at radius 3 is 2.77 bits per heavy atom. The topological polar surface area (TPSA) is 95.9 Å². The Labute approximate surface area is 186 Å². The van der Waals surface area contributed by atoms with Gasteiger partial charge in [-0.1, -0.05) is 6.42 Å². The van der Waals surface area contributed by atoms with Crippen molar-refractivity contribution in [2.24, 2.45) is 11.8 Å². The van der Waals surface area contributed by atoms with Crippen LogP contribution in [-0.2, 0) is 0 Å². The Balaban J connectivity index is 1.47. The fourth-order valence-electron chi connectivity index (χ4n) is 4.64. The number of aliphatic hydroxyl groups is 1. The molecule has 2 aliphatic carbocycles. The highest BCUT2D eigenvalue weighted by molar-refractivity contribution is 7.21. The fourth-order valence-corrected chi connectivity index (χ4v) is 5.67. The van der Waals surface area contributed by atoms with Crippen molar-refractivity contribution in [3.05, 3.63) is 24.2 Å². The molecular formula is C23H30N6OS. The number of fused-ring (bicyclic) bond motifs is 1. The largest absolute Gasteiger partial charge is 0.396 e. The molecular weight excluding hydrogens is 408 g/mol. The average Bonchev–Trinajstić information content (AvgIpc) is 3.34. The van der Waals surface area contributed by atoms with E-state index in [0.717, 1.165) is 51.6 Å². The van der Waals surface area contributed by atoms with Crippen molar-refractivity contribution in [1.29, 1.82) is 0 Å². The third kappa shape index (κ3) is 4.23. The van der Waals surface area contributed by atoms with Gasteiger partial charge >= 0.3 is 0 Å². The van der Waals surface area contributed by atoms with E-state index in [1.165, 1.54) is 19.3 Å². The minimum absolute atomic E-state index is 0.255. The third-order valence-electron chi connectivity index (χ3n) is 6.86. The highest BCUT2D eigenvalue weighted by Gasteiger charge is 2.27. The number of nitrogens with one attached hydrogen (secondary N) is 2. The number of pyridine rings is 1. The molecule has 3 heterocycles. The van der Waals surface area contributed by atoms with E-state index in [1.54, 1.807) is 11.3 Å². The smallest absolute Gasteiger partial charge is 0.224 e. The van der Waals surface area contributed by atoms with Crippen molar-refractivity contribution >= 4 is 33.3 Å². The molecule has 8 heteroatoms. The van der Waals surface area contributed by atoms with Gasteiger partial charge in [-0.15, -0.1) is 11.3 Å². The molecule has 3 aromatic heterocycles. The molecule has 2 fully saturated rings. The summed E-state index contributed by atoms with van der Waals surface area (Å²) in [7, 11) is 0. The van der Waals surface area contributed by atoms with Gasteiger partial charge in [0.1, 0.15) is 16.3 Å². The van der Waals surface area contributed by atoms with Crippen LogP contribution in [0.3, 0.4) is 0 Å². The molecule has 164 valence electrons. The van der Waals surface area contributed by atoms with Crippen LogP contribution in [0.1, 0.15) is 51.1 Å². The van der Waals surface area contributed by atoms with Gasteiger partial charge in [-0.3, -0.25) is 4.98 Å². The number of aryl methyl sites for hydroxylation is 1. The molecule has 0 aliphatic heterocycles. The lowest BCUT2D eigenvalue weighted by atomic mass is 9.80. The van der Waals surface area contributed by atoms with E-state index < -0.39 is 0 Å². The molecule has 2 unspecified atom stereocenters. The zero-order chi connectivity index (χ0) is 21.4. The number of rotatable bonds is 7. The van der Waals surface area contributed by atoms with Crippen molar-refractivity contribution in [2.45, 2.75) is 64.5 Å². The van der Waals surface area contributed by atoms with Crippen LogP contribution in [-0.4, -0.2) is 43.7 Å². The maximum absolute atomic E-state index is 9.54. The Kier molecular flexibility index (Phi) is 5.75. The lowest BCUT2D eigenvalue weighted by Gasteiger charge is -2.32. The molecule has 31 heavy (non-hydrogen) atoms. The number of anilines is 2. The molecule has 3 N–H and O–H groups in total. The molecule has 0 spiro atoms. The van der Waals surface area contributed by atoms with Crippen LogP contribution >= 0.6 is 11.3 Å². The van der Waals surface area contributed by atoms with Crippen LogP contribution in [0.5, 0.6) is 0 Å². The first-order chi connectivity index (χ1) is 15.1. The monoisotopic (exact) mass is 438 g/mol. The number of nitrogens with zero attached hydrogens (tertiary/aromatic N) is 4. The predicted molar refractivity (Wildman–Crippen MR) is 125 cm³/mol. The number of hydrogen-bond donors (Lipinski definition) is 3. The van der Waals surface area contributed by atoms with Crippen LogP contribution in [0.4, 0.5) is 11.8 Å². The zero-order valence-corrected chi connectivity index (χ0v) is 19.0. The van der Waals surface area contributed by atoms with Gasteiger partial charge < -0.3 is 15.7 Å². The average molecular weight is 439 g/mol. The minimum Gasteiger partial charge on any atom is -0.396 e. The molecule has 0 radical (unpaired) electrons. The van der Waals surface area contributed by atoms with E-state index >= 15 is 0 Å². The summed E-state index contributed by atoms with van der Waals surface area (Å²) >= 11 is 1.65. The number of aliphatic hydroxyl groups excluding tert-OH is 1. The molecule has 3 atom stereocenters.